The molecule has 0 aromatic heterocycles. The summed E-state index contributed by atoms with van der Waals surface area (Å²) in [6.45, 7) is 3.93. The smallest absolute Gasteiger partial charge is 0.174 e. The van der Waals surface area contributed by atoms with Gasteiger partial charge in [-0.15, -0.1) is 0 Å². The summed E-state index contributed by atoms with van der Waals surface area (Å²) in [5.74, 6) is 0.482. The largest absolute Gasteiger partial charge is 0.508 e. The van der Waals surface area contributed by atoms with Gasteiger partial charge in [0.05, 0.1) is 13.5 Å². The molecule has 1 unspecified atom stereocenters. The van der Waals surface area contributed by atoms with E-state index in [1.165, 1.54) is 7.11 Å². The van der Waals surface area contributed by atoms with Crippen LogP contribution < -0.4 is 9.47 Å². The van der Waals surface area contributed by atoms with Crippen LogP contribution in [0.25, 0.3) is 0 Å². The summed E-state index contributed by atoms with van der Waals surface area (Å²) in [6.07, 6.45) is 1.86. The van der Waals surface area contributed by atoms with Gasteiger partial charge < -0.3 is 19.7 Å². The maximum Gasteiger partial charge on any atom is 0.174 e. The number of aromatic hydroxyl groups is 2. The molecule has 0 spiro atoms. The van der Waals surface area contributed by atoms with E-state index in [2.05, 4.69) is 0 Å². The van der Waals surface area contributed by atoms with Crippen LogP contribution in [-0.2, 0) is 6.42 Å². The Balaban J connectivity index is 2.05. The Hall–Kier alpha value is -2.95. The Morgan fingerprint density at radius 3 is 2.69 bits per heavy atom. The number of hydrogen-bond acceptors (Lipinski definition) is 5. The van der Waals surface area contributed by atoms with E-state index in [1.807, 2.05) is 19.9 Å². The summed E-state index contributed by atoms with van der Waals surface area (Å²) in [6, 6.07) is 8.39. The van der Waals surface area contributed by atoms with Gasteiger partial charge in [0.25, 0.3) is 0 Å². The molecule has 2 N–H and O–H groups in total. The van der Waals surface area contributed by atoms with Gasteiger partial charge in [0.15, 0.2) is 5.78 Å². The second kappa shape index (κ2) is 7.12. The highest BCUT2D eigenvalue weighted by molar-refractivity contribution is 6.03. The number of ketones is 1. The molecule has 26 heavy (non-hydrogen) atoms. The van der Waals surface area contributed by atoms with Gasteiger partial charge in [-0.3, -0.25) is 4.79 Å². The Kier molecular flexibility index (Phi) is 4.89. The zero-order chi connectivity index (χ0) is 18.8. The molecular formula is C21H22O5. The number of hydrogen-bond donors (Lipinski definition) is 2. The van der Waals surface area contributed by atoms with Gasteiger partial charge in [0, 0.05) is 17.2 Å². The van der Waals surface area contributed by atoms with Crippen molar-refractivity contribution >= 4 is 5.78 Å². The second-order valence-electron chi connectivity index (χ2n) is 6.56. The van der Waals surface area contributed by atoms with Crippen molar-refractivity contribution in [2.24, 2.45) is 0 Å². The minimum atomic E-state index is -0.607. The van der Waals surface area contributed by atoms with E-state index in [4.69, 9.17) is 9.47 Å². The fraction of sp³-hybridized carbons (Fsp3) is 0.286. The fourth-order valence-corrected chi connectivity index (χ4v) is 3.11. The highest BCUT2D eigenvalue weighted by Crippen LogP contribution is 2.46. The van der Waals surface area contributed by atoms with E-state index >= 15 is 0 Å². The van der Waals surface area contributed by atoms with Crippen molar-refractivity contribution in [1.29, 1.82) is 0 Å². The molecule has 3 rings (SSSR count). The van der Waals surface area contributed by atoms with Crippen LogP contribution in [-0.4, -0.2) is 23.1 Å². The number of rotatable bonds is 4. The highest BCUT2D eigenvalue weighted by Gasteiger charge is 2.33. The number of carbonyl (C=O) groups is 1. The lowest BCUT2D eigenvalue weighted by molar-refractivity contribution is 0.0841. The van der Waals surface area contributed by atoms with Gasteiger partial charge in [0.2, 0.25) is 0 Å². The predicted molar refractivity (Wildman–Crippen MR) is 98.2 cm³/mol. The van der Waals surface area contributed by atoms with E-state index in [1.54, 1.807) is 30.3 Å². The minimum absolute atomic E-state index is 0.0482. The first-order chi connectivity index (χ1) is 12.4. The molecule has 2 aromatic carbocycles. The Bertz CT molecular complexity index is 878. The number of ether oxygens (including phenoxy) is 2. The standard InChI is InChI=1S/C21H22O5/c1-12(2)8-9-14-17(25-3)11-19-20(21(14)24)16(23)10-18(26-19)13-6-4-5-7-15(13)22/h4-8,11,18,22,24H,9-10H2,1-3H3. The molecule has 0 amide bonds. The van der Waals surface area contributed by atoms with E-state index < -0.39 is 6.10 Å². The molecule has 0 saturated heterocycles. The molecule has 1 aliphatic rings. The summed E-state index contributed by atoms with van der Waals surface area (Å²) in [7, 11) is 1.51. The molecule has 5 heteroatoms. The third-order valence-corrected chi connectivity index (χ3v) is 4.47. The van der Waals surface area contributed by atoms with Gasteiger partial charge in [0.1, 0.15) is 34.7 Å². The Morgan fingerprint density at radius 2 is 2.04 bits per heavy atom. The minimum Gasteiger partial charge on any atom is -0.508 e. The quantitative estimate of drug-likeness (QED) is 0.800. The number of fused-ring (bicyclic) bond motifs is 1. The van der Waals surface area contributed by atoms with Gasteiger partial charge in [-0.05, 0) is 26.3 Å². The number of Topliss-reactive ketones (excluding diaryl/α,β-unsaturated/α-hetero) is 1. The van der Waals surface area contributed by atoms with Gasteiger partial charge in [-0.1, -0.05) is 29.8 Å². The zero-order valence-electron chi connectivity index (χ0n) is 15.1. The zero-order valence-corrected chi connectivity index (χ0v) is 15.1. The third kappa shape index (κ3) is 3.25. The van der Waals surface area contributed by atoms with E-state index in [9.17, 15) is 15.0 Å². The Morgan fingerprint density at radius 1 is 1.31 bits per heavy atom. The number of carbonyl (C=O) groups excluding carboxylic acids is 1. The highest BCUT2D eigenvalue weighted by atomic mass is 16.5. The molecule has 1 aliphatic heterocycles. The molecular weight excluding hydrogens is 332 g/mol. The monoisotopic (exact) mass is 354 g/mol. The molecule has 0 bridgehead atoms. The van der Waals surface area contributed by atoms with Gasteiger partial charge >= 0.3 is 0 Å². The summed E-state index contributed by atoms with van der Waals surface area (Å²) < 4.78 is 11.3. The molecule has 1 atom stereocenters. The first kappa shape index (κ1) is 17.9. The van der Waals surface area contributed by atoms with Gasteiger partial charge in [-0.2, -0.15) is 0 Å². The SMILES string of the molecule is COc1cc2c(c(O)c1CC=C(C)C)C(=O)CC(c1ccccc1O)O2. The summed E-state index contributed by atoms with van der Waals surface area (Å²) >= 11 is 0. The molecule has 2 aromatic rings. The number of phenolic OH excluding ortho intramolecular Hbond substituents is 2. The normalized spacial score (nSPS) is 15.8. The maximum atomic E-state index is 12.7. The average molecular weight is 354 g/mol. The van der Waals surface area contributed by atoms with Crippen molar-refractivity contribution in [2.45, 2.75) is 32.8 Å². The first-order valence-electron chi connectivity index (χ1n) is 8.46. The molecule has 0 fully saturated rings. The molecule has 0 radical (unpaired) electrons. The Labute approximate surface area is 152 Å². The van der Waals surface area contributed by atoms with Crippen molar-refractivity contribution in [3.05, 3.63) is 58.7 Å². The van der Waals surface area contributed by atoms with Crippen LogP contribution in [0.2, 0.25) is 0 Å². The lowest BCUT2D eigenvalue weighted by atomic mass is 9.92. The molecule has 0 saturated carbocycles. The van der Waals surface area contributed by atoms with Crippen molar-refractivity contribution in [1.82, 2.24) is 0 Å². The lowest BCUT2D eigenvalue weighted by Gasteiger charge is -2.28. The van der Waals surface area contributed by atoms with Crippen molar-refractivity contribution in [3.63, 3.8) is 0 Å². The van der Waals surface area contributed by atoms with E-state index in [0.29, 0.717) is 23.3 Å². The maximum absolute atomic E-state index is 12.7. The summed E-state index contributed by atoms with van der Waals surface area (Å²) in [5.41, 5.74) is 2.38. The van der Waals surface area contributed by atoms with Crippen LogP contribution in [0.15, 0.2) is 42.0 Å². The summed E-state index contributed by atoms with van der Waals surface area (Å²) in [5, 5.41) is 20.7. The van der Waals surface area contributed by atoms with Gasteiger partial charge in [-0.25, -0.2) is 0 Å². The second-order valence-corrected chi connectivity index (χ2v) is 6.56. The average Bonchev–Trinajstić information content (AvgIpc) is 2.60. The van der Waals surface area contributed by atoms with Crippen LogP contribution in [0.1, 0.15) is 47.9 Å². The molecule has 5 nitrogen and oxygen atoms in total. The number of benzene rings is 2. The van der Waals surface area contributed by atoms with Crippen LogP contribution in [0, 0.1) is 0 Å². The number of para-hydroxylation sites is 1. The number of allylic oxidation sites excluding steroid dienone is 2. The van der Waals surface area contributed by atoms with Crippen LogP contribution >= 0.6 is 0 Å². The van der Waals surface area contributed by atoms with Crippen molar-refractivity contribution < 1.29 is 24.5 Å². The van der Waals surface area contributed by atoms with Crippen LogP contribution in [0.3, 0.4) is 0 Å². The predicted octanol–water partition coefficient (Wildman–Crippen LogP) is 4.32. The van der Waals surface area contributed by atoms with E-state index in [0.717, 1.165) is 5.57 Å². The molecule has 0 aliphatic carbocycles. The molecule has 136 valence electrons. The lowest BCUT2D eigenvalue weighted by Crippen LogP contribution is -2.21. The van der Waals surface area contributed by atoms with Crippen LogP contribution in [0.5, 0.6) is 23.0 Å². The number of methoxy groups -OCH3 is 1. The summed E-state index contributed by atoms with van der Waals surface area (Å²) in [4.78, 5) is 12.7. The van der Waals surface area contributed by atoms with Crippen LogP contribution in [0.4, 0.5) is 0 Å². The van der Waals surface area contributed by atoms with Crippen molar-refractivity contribution in [2.75, 3.05) is 7.11 Å². The number of phenols is 2. The molecule has 1 heterocycles. The third-order valence-electron chi connectivity index (χ3n) is 4.47. The van der Waals surface area contributed by atoms with Crippen molar-refractivity contribution in [3.8, 4) is 23.0 Å². The topological polar surface area (TPSA) is 76.0 Å². The fourth-order valence-electron chi connectivity index (χ4n) is 3.11. The van der Waals surface area contributed by atoms with E-state index in [-0.39, 0.29) is 35.0 Å². The first-order valence-corrected chi connectivity index (χ1v) is 8.46.